The fraction of sp³-hybridized carbons (Fsp3) is 0.600. The van der Waals surface area contributed by atoms with Gasteiger partial charge >= 0.3 is 0 Å². The molecule has 1 saturated carbocycles. The van der Waals surface area contributed by atoms with Crippen molar-refractivity contribution < 1.29 is 9.50 Å². The van der Waals surface area contributed by atoms with E-state index in [4.69, 9.17) is 0 Å². The monoisotopic (exact) mass is 414 g/mol. The van der Waals surface area contributed by atoms with Crippen LogP contribution in [0.4, 0.5) is 4.39 Å². The first kappa shape index (κ1) is 20.0. The van der Waals surface area contributed by atoms with Crippen LogP contribution in [-0.4, -0.2) is 36.2 Å². The Morgan fingerprint density at radius 1 is 1.27 bits per heavy atom. The minimum absolute atomic E-state index is 0. The number of benzene rings is 1. The maximum atomic E-state index is 13.7. The molecule has 7 heteroatoms. The quantitative estimate of drug-likeness (QED) is 0.783. The van der Waals surface area contributed by atoms with Gasteiger partial charge in [-0.2, -0.15) is 0 Å². The van der Waals surface area contributed by atoms with E-state index in [1.807, 2.05) is 0 Å². The van der Waals surface area contributed by atoms with Crippen molar-refractivity contribution in [3.63, 3.8) is 0 Å². The third-order valence-electron chi connectivity index (χ3n) is 4.29. The Morgan fingerprint density at radius 2 is 1.91 bits per heavy atom. The number of rotatable bonds is 4. The Morgan fingerprint density at radius 3 is 2.50 bits per heavy atom. The van der Waals surface area contributed by atoms with Gasteiger partial charge in [-0.15, -0.1) is 24.8 Å². The average molecular weight is 416 g/mol. The number of hydrogen-bond acceptors (Lipinski definition) is 3. The fourth-order valence-corrected chi connectivity index (χ4v) is 3.57. The Hall–Kier alpha value is -0.0700. The van der Waals surface area contributed by atoms with E-state index in [1.54, 1.807) is 6.07 Å². The lowest BCUT2D eigenvalue weighted by atomic mass is 9.97. The van der Waals surface area contributed by atoms with Crippen LogP contribution in [0, 0.1) is 11.7 Å². The number of aromatic hydroxyl groups is 1. The van der Waals surface area contributed by atoms with Crippen molar-refractivity contribution in [2.45, 2.75) is 25.3 Å². The average Bonchev–Trinajstić information content (AvgIpc) is 3.27. The van der Waals surface area contributed by atoms with Crippen LogP contribution in [0.2, 0.25) is 0 Å². The molecule has 1 aliphatic carbocycles. The second kappa shape index (κ2) is 8.69. The summed E-state index contributed by atoms with van der Waals surface area (Å²) in [6.45, 7) is 3.79. The number of nitrogens with one attached hydrogen (secondary N) is 1. The summed E-state index contributed by atoms with van der Waals surface area (Å²) in [5.74, 6) is 0.00661. The second-order valence-electron chi connectivity index (χ2n) is 5.77. The topological polar surface area (TPSA) is 35.5 Å². The molecule has 1 heterocycles. The van der Waals surface area contributed by atoms with Crippen LogP contribution < -0.4 is 5.32 Å². The Balaban J connectivity index is 0.00000121. The minimum atomic E-state index is -0.529. The molecule has 2 N–H and O–H groups in total. The van der Waals surface area contributed by atoms with Gasteiger partial charge in [0.15, 0.2) is 11.6 Å². The highest BCUT2D eigenvalue weighted by molar-refractivity contribution is 9.10. The molecule has 1 aromatic carbocycles. The van der Waals surface area contributed by atoms with Crippen molar-refractivity contribution in [3.05, 3.63) is 28.0 Å². The fourth-order valence-electron chi connectivity index (χ4n) is 2.99. The molecule has 22 heavy (non-hydrogen) atoms. The molecule has 1 aromatic rings. The van der Waals surface area contributed by atoms with Gasteiger partial charge in [0.1, 0.15) is 0 Å². The van der Waals surface area contributed by atoms with E-state index >= 15 is 0 Å². The molecule has 0 aromatic heterocycles. The third-order valence-corrected chi connectivity index (χ3v) is 4.99. The number of hydrogen-bond donors (Lipinski definition) is 2. The molecule has 0 spiro atoms. The molecule has 3 nitrogen and oxygen atoms in total. The SMILES string of the molecule is Cl.Cl.Oc1c(F)ccc(Br)c1[C@@H](CC1CC1)N1CCNCC1. The van der Waals surface area contributed by atoms with Gasteiger partial charge in [0.25, 0.3) is 0 Å². The van der Waals surface area contributed by atoms with Crippen LogP contribution >= 0.6 is 40.7 Å². The molecule has 1 saturated heterocycles. The smallest absolute Gasteiger partial charge is 0.165 e. The number of piperazine rings is 1. The summed E-state index contributed by atoms with van der Waals surface area (Å²) >= 11 is 3.49. The molecular weight excluding hydrogens is 394 g/mol. The van der Waals surface area contributed by atoms with Gasteiger partial charge in [0.05, 0.1) is 0 Å². The van der Waals surface area contributed by atoms with E-state index in [0.717, 1.165) is 48.6 Å². The molecule has 2 fully saturated rings. The zero-order valence-corrected chi connectivity index (χ0v) is 15.4. The molecule has 126 valence electrons. The van der Waals surface area contributed by atoms with E-state index in [9.17, 15) is 9.50 Å². The van der Waals surface area contributed by atoms with E-state index in [1.165, 1.54) is 18.9 Å². The number of nitrogens with zero attached hydrogens (tertiary/aromatic N) is 1. The van der Waals surface area contributed by atoms with Gasteiger partial charge in [-0.3, -0.25) is 4.90 Å². The van der Waals surface area contributed by atoms with Crippen LogP contribution in [-0.2, 0) is 0 Å². The highest BCUT2D eigenvalue weighted by atomic mass is 79.9. The normalized spacial score (nSPS) is 19.9. The summed E-state index contributed by atoms with van der Waals surface area (Å²) in [6, 6.07) is 3.12. The summed E-state index contributed by atoms with van der Waals surface area (Å²) in [4.78, 5) is 2.37. The first-order valence-corrected chi connectivity index (χ1v) is 8.07. The van der Waals surface area contributed by atoms with Gasteiger partial charge in [0.2, 0.25) is 0 Å². The Bertz CT molecular complexity index is 497. The summed E-state index contributed by atoms with van der Waals surface area (Å²) in [5, 5.41) is 13.5. The molecule has 3 rings (SSSR count). The van der Waals surface area contributed by atoms with Crippen molar-refractivity contribution in [1.29, 1.82) is 0 Å². The zero-order valence-electron chi connectivity index (χ0n) is 12.2. The molecule has 0 bridgehead atoms. The van der Waals surface area contributed by atoms with Gasteiger partial charge in [-0.1, -0.05) is 28.8 Å². The van der Waals surface area contributed by atoms with Crippen molar-refractivity contribution >= 4 is 40.7 Å². The predicted octanol–water partition coefficient (Wildman–Crippen LogP) is 3.88. The second-order valence-corrected chi connectivity index (χ2v) is 6.63. The largest absolute Gasteiger partial charge is 0.505 e. The number of halogens is 4. The van der Waals surface area contributed by atoms with E-state index in [0.29, 0.717) is 0 Å². The first-order valence-electron chi connectivity index (χ1n) is 7.28. The Kier molecular flexibility index (Phi) is 7.89. The van der Waals surface area contributed by atoms with Crippen molar-refractivity contribution in [2.75, 3.05) is 26.2 Å². The van der Waals surface area contributed by atoms with Gasteiger partial charge < -0.3 is 10.4 Å². The third kappa shape index (κ3) is 4.48. The lowest BCUT2D eigenvalue weighted by Gasteiger charge is -2.36. The van der Waals surface area contributed by atoms with Gasteiger partial charge in [-0.05, 0) is 24.5 Å². The summed E-state index contributed by atoms with van der Waals surface area (Å²) < 4.78 is 14.5. The lowest BCUT2D eigenvalue weighted by Crippen LogP contribution is -2.45. The number of phenolic OH excluding ortho intramolecular Hbond substituents is 1. The Labute approximate surface area is 151 Å². The molecule has 1 atom stereocenters. The van der Waals surface area contributed by atoms with Crippen LogP contribution in [0.5, 0.6) is 5.75 Å². The maximum Gasteiger partial charge on any atom is 0.165 e. The molecule has 0 amide bonds. The van der Waals surface area contributed by atoms with Crippen LogP contribution in [0.1, 0.15) is 30.9 Å². The van der Waals surface area contributed by atoms with Crippen molar-refractivity contribution in [2.24, 2.45) is 5.92 Å². The maximum absolute atomic E-state index is 13.7. The molecule has 2 aliphatic rings. The summed E-state index contributed by atoms with van der Waals surface area (Å²) in [6.07, 6.45) is 3.53. The highest BCUT2D eigenvalue weighted by Crippen LogP contribution is 2.45. The van der Waals surface area contributed by atoms with E-state index in [2.05, 4.69) is 26.1 Å². The molecule has 1 aliphatic heterocycles. The summed E-state index contributed by atoms with van der Waals surface area (Å²) in [5.41, 5.74) is 0.721. The van der Waals surface area contributed by atoms with E-state index in [-0.39, 0.29) is 36.6 Å². The van der Waals surface area contributed by atoms with Crippen LogP contribution in [0.3, 0.4) is 0 Å². The van der Waals surface area contributed by atoms with Crippen LogP contribution in [0.15, 0.2) is 16.6 Å². The summed E-state index contributed by atoms with van der Waals surface area (Å²) in [7, 11) is 0. The standard InChI is InChI=1S/C15H20BrFN2O.2ClH/c16-11-3-4-12(17)15(20)14(11)13(9-10-1-2-10)19-7-5-18-6-8-19;;/h3-4,10,13,18,20H,1-2,5-9H2;2*1H/t13-;;/m1../s1. The lowest BCUT2D eigenvalue weighted by molar-refractivity contribution is 0.157. The van der Waals surface area contributed by atoms with Gasteiger partial charge in [0, 0.05) is 42.3 Å². The first-order chi connectivity index (χ1) is 9.66. The highest BCUT2D eigenvalue weighted by Gasteiger charge is 2.33. The van der Waals surface area contributed by atoms with Crippen molar-refractivity contribution in [3.8, 4) is 5.75 Å². The van der Waals surface area contributed by atoms with Gasteiger partial charge in [-0.25, -0.2) is 4.39 Å². The molecule has 0 radical (unpaired) electrons. The van der Waals surface area contributed by atoms with E-state index < -0.39 is 5.82 Å². The molecular formula is C15H22BrCl2FN2O. The number of phenols is 1. The van der Waals surface area contributed by atoms with Crippen LogP contribution in [0.25, 0.3) is 0 Å². The zero-order chi connectivity index (χ0) is 14.1. The minimum Gasteiger partial charge on any atom is -0.505 e. The van der Waals surface area contributed by atoms with Crippen molar-refractivity contribution in [1.82, 2.24) is 10.2 Å². The predicted molar refractivity (Wildman–Crippen MR) is 94.8 cm³/mol. The molecule has 0 unspecified atom stereocenters.